The molecule has 0 saturated carbocycles. The Hall–Kier alpha value is -3.14. The normalized spacial score (nSPS) is 18.0. The first-order chi connectivity index (χ1) is 14.6. The molecule has 2 aliphatic heterocycles. The number of hydrogen-bond donors (Lipinski definition) is 1. The third-order valence-electron chi connectivity index (χ3n) is 5.29. The molecule has 2 aromatic heterocycles. The lowest BCUT2D eigenvalue weighted by Gasteiger charge is -2.30. The Kier molecular flexibility index (Phi) is 4.78. The number of hydrogen-bond acceptors (Lipinski definition) is 8. The van der Waals surface area contributed by atoms with Crippen molar-refractivity contribution in [3.05, 3.63) is 45.9 Å². The van der Waals surface area contributed by atoms with Crippen LogP contribution >= 0.6 is 11.3 Å². The number of nitrogens with zero attached hydrogens (tertiary/aromatic N) is 4. The Labute approximate surface area is 176 Å². The van der Waals surface area contributed by atoms with E-state index in [0.29, 0.717) is 22.4 Å². The van der Waals surface area contributed by atoms with E-state index in [1.54, 1.807) is 0 Å². The minimum Gasteiger partial charge on any atom is -0.454 e. The Bertz CT molecular complexity index is 1170. The summed E-state index contributed by atoms with van der Waals surface area (Å²) in [5.74, 6) is 1.55. The van der Waals surface area contributed by atoms with E-state index < -0.39 is 5.56 Å². The number of piperidine rings is 1. The van der Waals surface area contributed by atoms with Crippen molar-refractivity contribution in [2.75, 3.05) is 24.8 Å². The van der Waals surface area contributed by atoms with Crippen LogP contribution in [0.1, 0.15) is 35.8 Å². The number of anilines is 1. The topological polar surface area (TPSA) is 98.1 Å². The molecule has 1 fully saturated rings. The molecule has 9 nitrogen and oxygen atoms in total. The summed E-state index contributed by atoms with van der Waals surface area (Å²) in [7, 11) is 0. The minimum absolute atomic E-state index is 0.179. The van der Waals surface area contributed by atoms with E-state index in [2.05, 4.69) is 27.2 Å². The maximum Gasteiger partial charge on any atom is 0.274 e. The highest BCUT2D eigenvalue weighted by atomic mass is 32.1. The number of ether oxygens (including phenoxy) is 2. The Balaban J connectivity index is 1.38. The lowest BCUT2D eigenvalue weighted by molar-refractivity contribution is 0.0943. The molecule has 10 heteroatoms. The summed E-state index contributed by atoms with van der Waals surface area (Å²) in [5, 5.41) is 8.23. The Morgan fingerprint density at radius 2 is 2.17 bits per heavy atom. The first-order valence-corrected chi connectivity index (χ1v) is 10.7. The van der Waals surface area contributed by atoms with Crippen molar-refractivity contribution >= 4 is 27.3 Å². The van der Waals surface area contributed by atoms with E-state index in [1.807, 2.05) is 18.2 Å². The van der Waals surface area contributed by atoms with Gasteiger partial charge in [-0.2, -0.15) is 9.50 Å². The van der Waals surface area contributed by atoms with Crippen molar-refractivity contribution in [3.63, 3.8) is 0 Å². The Morgan fingerprint density at radius 1 is 1.30 bits per heavy atom. The van der Waals surface area contributed by atoms with Crippen molar-refractivity contribution in [1.29, 1.82) is 0 Å². The van der Waals surface area contributed by atoms with Gasteiger partial charge in [-0.25, -0.2) is 0 Å². The zero-order valence-corrected chi connectivity index (χ0v) is 17.3. The number of carbonyl (C=O) groups is 1. The average Bonchev–Trinajstić information content (AvgIpc) is 3.37. The summed E-state index contributed by atoms with van der Waals surface area (Å²) in [4.78, 5) is 31.6. The van der Waals surface area contributed by atoms with Crippen LogP contribution in [0.4, 0.5) is 5.13 Å². The smallest absolute Gasteiger partial charge is 0.274 e. The molecular formula is C20H21N5O4S. The largest absolute Gasteiger partial charge is 0.454 e. The molecule has 2 aliphatic rings. The summed E-state index contributed by atoms with van der Waals surface area (Å²) >= 11 is 1.34. The molecule has 30 heavy (non-hydrogen) atoms. The minimum atomic E-state index is -0.453. The van der Waals surface area contributed by atoms with Crippen molar-refractivity contribution < 1.29 is 14.3 Å². The molecule has 0 bridgehead atoms. The van der Waals surface area contributed by atoms with E-state index >= 15 is 0 Å². The van der Waals surface area contributed by atoms with Gasteiger partial charge in [-0.15, -0.1) is 5.10 Å². The van der Waals surface area contributed by atoms with E-state index in [1.165, 1.54) is 28.3 Å². The van der Waals surface area contributed by atoms with Crippen LogP contribution in [-0.4, -0.2) is 40.4 Å². The van der Waals surface area contributed by atoms with Gasteiger partial charge in [0.15, 0.2) is 11.5 Å². The van der Waals surface area contributed by atoms with Crippen LogP contribution in [0.5, 0.6) is 11.5 Å². The van der Waals surface area contributed by atoms with Gasteiger partial charge in [0.05, 0.1) is 0 Å². The van der Waals surface area contributed by atoms with E-state index in [4.69, 9.17) is 9.47 Å². The number of aromatic nitrogens is 3. The molecular weight excluding hydrogens is 406 g/mol. The molecule has 1 saturated heterocycles. The molecule has 5 rings (SSSR count). The molecule has 1 aromatic carbocycles. The second-order valence-corrected chi connectivity index (χ2v) is 8.56. The van der Waals surface area contributed by atoms with E-state index in [-0.39, 0.29) is 24.9 Å². The van der Waals surface area contributed by atoms with Gasteiger partial charge < -0.3 is 19.7 Å². The van der Waals surface area contributed by atoms with Crippen molar-refractivity contribution in [2.45, 2.75) is 26.3 Å². The molecule has 1 unspecified atom stereocenters. The fraction of sp³-hybridized carbons (Fsp3) is 0.400. The zero-order chi connectivity index (χ0) is 20.7. The number of nitrogens with one attached hydrogen (secondary N) is 1. The molecule has 156 valence electrons. The fourth-order valence-electron chi connectivity index (χ4n) is 3.78. The predicted molar refractivity (Wildman–Crippen MR) is 111 cm³/mol. The van der Waals surface area contributed by atoms with Crippen LogP contribution in [0.2, 0.25) is 0 Å². The van der Waals surface area contributed by atoms with Gasteiger partial charge in [-0.1, -0.05) is 24.3 Å². The summed E-state index contributed by atoms with van der Waals surface area (Å²) in [6, 6.07) is 6.73. The predicted octanol–water partition coefficient (Wildman–Crippen LogP) is 2.05. The van der Waals surface area contributed by atoms with Gasteiger partial charge in [0.2, 0.25) is 16.9 Å². The van der Waals surface area contributed by atoms with Gasteiger partial charge in [0.25, 0.3) is 11.5 Å². The maximum atomic E-state index is 12.9. The van der Waals surface area contributed by atoms with Crippen LogP contribution in [0.3, 0.4) is 0 Å². The summed E-state index contributed by atoms with van der Waals surface area (Å²) < 4.78 is 12.1. The van der Waals surface area contributed by atoms with Gasteiger partial charge in [0, 0.05) is 25.7 Å². The number of carbonyl (C=O) groups excluding carboxylic acids is 1. The van der Waals surface area contributed by atoms with Crippen LogP contribution in [-0.2, 0) is 6.54 Å². The third-order valence-corrected chi connectivity index (χ3v) is 6.26. The second kappa shape index (κ2) is 7.60. The van der Waals surface area contributed by atoms with Crippen molar-refractivity contribution in [3.8, 4) is 11.5 Å². The standard InChI is InChI=1S/C20H21N5O4S/c1-12-3-2-6-24(10-12)20-23-25-14(8-17(26)22-19(25)30-20)18(27)21-9-13-4-5-15-16(7-13)29-11-28-15/h4-5,7-8,12H,2-3,6,9-11H2,1H3,(H,21,27). The van der Waals surface area contributed by atoms with Crippen molar-refractivity contribution in [2.24, 2.45) is 5.92 Å². The Morgan fingerprint density at radius 3 is 3.03 bits per heavy atom. The second-order valence-electron chi connectivity index (χ2n) is 7.62. The first-order valence-electron chi connectivity index (χ1n) is 9.89. The summed E-state index contributed by atoms with van der Waals surface area (Å²) in [6.45, 7) is 4.53. The highest BCUT2D eigenvalue weighted by Gasteiger charge is 2.22. The van der Waals surface area contributed by atoms with Gasteiger partial charge in [0.1, 0.15) is 5.69 Å². The van der Waals surface area contributed by atoms with Crippen LogP contribution < -0.4 is 25.2 Å². The molecule has 3 aromatic rings. The van der Waals surface area contributed by atoms with Crippen LogP contribution in [0.15, 0.2) is 29.1 Å². The van der Waals surface area contributed by atoms with E-state index in [0.717, 1.165) is 30.2 Å². The monoisotopic (exact) mass is 427 g/mol. The highest BCUT2D eigenvalue weighted by molar-refractivity contribution is 7.20. The maximum absolute atomic E-state index is 12.9. The molecule has 1 amide bonds. The van der Waals surface area contributed by atoms with Crippen molar-refractivity contribution in [1.82, 2.24) is 19.9 Å². The van der Waals surface area contributed by atoms with Crippen LogP contribution in [0, 0.1) is 5.92 Å². The summed E-state index contributed by atoms with van der Waals surface area (Å²) in [5.41, 5.74) is 0.593. The summed E-state index contributed by atoms with van der Waals surface area (Å²) in [6.07, 6.45) is 2.30. The first kappa shape index (κ1) is 18.9. The lowest BCUT2D eigenvalue weighted by Crippen LogP contribution is -2.34. The third kappa shape index (κ3) is 3.58. The average molecular weight is 427 g/mol. The highest BCUT2D eigenvalue weighted by Crippen LogP contribution is 2.32. The van der Waals surface area contributed by atoms with E-state index in [9.17, 15) is 9.59 Å². The lowest BCUT2D eigenvalue weighted by atomic mass is 10.0. The quantitative estimate of drug-likeness (QED) is 0.680. The van der Waals surface area contributed by atoms with Gasteiger partial charge >= 0.3 is 0 Å². The molecule has 0 aliphatic carbocycles. The number of amides is 1. The van der Waals surface area contributed by atoms with Gasteiger partial charge in [-0.3, -0.25) is 9.59 Å². The number of benzene rings is 1. The molecule has 4 heterocycles. The molecule has 0 radical (unpaired) electrons. The molecule has 0 spiro atoms. The van der Waals surface area contributed by atoms with Gasteiger partial charge in [-0.05, 0) is 36.5 Å². The SMILES string of the molecule is CC1CCCN(c2nn3c(C(=O)NCc4ccc5c(c4)OCO5)cc(=O)nc3s2)C1. The fourth-order valence-corrected chi connectivity index (χ4v) is 4.72. The molecule has 1 atom stereocenters. The number of rotatable bonds is 4. The number of fused-ring (bicyclic) bond motifs is 2. The zero-order valence-electron chi connectivity index (χ0n) is 16.5. The van der Waals surface area contributed by atoms with Crippen LogP contribution in [0.25, 0.3) is 4.96 Å². The molecule has 1 N–H and O–H groups in total.